The zero-order valence-corrected chi connectivity index (χ0v) is 23.3. The molecule has 2 N–H and O–H groups in total. The number of ether oxygens (including phenoxy) is 2. The molecule has 1 aliphatic carbocycles. The van der Waals surface area contributed by atoms with Crippen LogP contribution >= 0.6 is 0 Å². The molecule has 1 heterocycles. The van der Waals surface area contributed by atoms with E-state index < -0.39 is 6.04 Å². The first-order chi connectivity index (χ1) is 20.0. The number of rotatable bonds is 11. The van der Waals surface area contributed by atoms with Crippen molar-refractivity contribution in [2.75, 3.05) is 31.6 Å². The standard InChI is InChI=1S/C33H38FN3O4/c34-27-10-14-29(15-11-27)41-30-16-12-28(13-17-30)35-33(39)31(23-40-22-24-6-2-1-3-7-24)36-32(38)21-37-19-18-25-8-4-5-9-26(25)20-37/h1-3,6-7,10-17,25-26,31H,4-5,8-9,18-23H2,(H,35,39)(H,36,38)/t25?,26?,31-/m0/s1. The second-order valence-corrected chi connectivity index (χ2v) is 11.0. The van der Waals surface area contributed by atoms with Crippen LogP contribution in [0.15, 0.2) is 78.9 Å². The third-order valence-corrected chi connectivity index (χ3v) is 7.96. The Morgan fingerprint density at radius 3 is 2.29 bits per heavy atom. The van der Waals surface area contributed by atoms with Crippen molar-refractivity contribution >= 4 is 17.5 Å². The summed E-state index contributed by atoms with van der Waals surface area (Å²) in [5.74, 6) is 1.66. The fourth-order valence-electron chi connectivity index (χ4n) is 5.79. The minimum absolute atomic E-state index is 0.0446. The Bertz CT molecular complexity index is 1270. The van der Waals surface area contributed by atoms with E-state index >= 15 is 0 Å². The summed E-state index contributed by atoms with van der Waals surface area (Å²) in [6.07, 6.45) is 6.30. The number of benzene rings is 3. The Labute approximate surface area is 241 Å². The molecule has 3 aromatic carbocycles. The van der Waals surface area contributed by atoms with Gasteiger partial charge in [-0.15, -0.1) is 0 Å². The van der Waals surface area contributed by atoms with Crippen molar-refractivity contribution in [1.82, 2.24) is 10.2 Å². The van der Waals surface area contributed by atoms with E-state index in [1.54, 1.807) is 36.4 Å². The van der Waals surface area contributed by atoms with Crippen LogP contribution in [0.1, 0.15) is 37.7 Å². The van der Waals surface area contributed by atoms with Crippen molar-refractivity contribution in [2.45, 2.75) is 44.8 Å². The molecule has 3 atom stereocenters. The lowest BCUT2D eigenvalue weighted by Gasteiger charge is -2.41. The molecule has 0 radical (unpaired) electrons. The molecule has 8 heteroatoms. The molecule has 41 heavy (non-hydrogen) atoms. The molecule has 1 saturated carbocycles. The highest BCUT2D eigenvalue weighted by molar-refractivity contribution is 5.97. The van der Waals surface area contributed by atoms with Crippen LogP contribution in [0.4, 0.5) is 10.1 Å². The highest BCUT2D eigenvalue weighted by Crippen LogP contribution is 2.35. The number of hydrogen-bond donors (Lipinski definition) is 2. The lowest BCUT2D eigenvalue weighted by atomic mass is 9.75. The van der Waals surface area contributed by atoms with Crippen LogP contribution < -0.4 is 15.4 Å². The van der Waals surface area contributed by atoms with Crippen molar-refractivity contribution in [3.63, 3.8) is 0 Å². The quantitative estimate of drug-likeness (QED) is 0.312. The molecule has 2 amide bonds. The third kappa shape index (κ3) is 8.62. The summed E-state index contributed by atoms with van der Waals surface area (Å²) < 4.78 is 24.7. The number of carbonyl (C=O) groups excluding carboxylic acids is 2. The van der Waals surface area contributed by atoms with E-state index in [1.807, 2.05) is 30.3 Å². The van der Waals surface area contributed by atoms with Crippen LogP contribution in [-0.4, -0.2) is 49.0 Å². The fraction of sp³-hybridized carbons (Fsp3) is 0.394. The number of fused-ring (bicyclic) bond motifs is 1. The van der Waals surface area contributed by atoms with Gasteiger partial charge >= 0.3 is 0 Å². The number of hydrogen-bond acceptors (Lipinski definition) is 5. The second-order valence-electron chi connectivity index (χ2n) is 11.0. The predicted molar refractivity (Wildman–Crippen MR) is 156 cm³/mol. The minimum Gasteiger partial charge on any atom is -0.457 e. The minimum atomic E-state index is -0.853. The van der Waals surface area contributed by atoms with Gasteiger partial charge in [0.1, 0.15) is 23.4 Å². The maximum absolute atomic E-state index is 13.3. The van der Waals surface area contributed by atoms with Gasteiger partial charge in [-0.25, -0.2) is 4.39 Å². The predicted octanol–water partition coefficient (Wildman–Crippen LogP) is 5.77. The van der Waals surface area contributed by atoms with Crippen LogP contribution in [0.5, 0.6) is 11.5 Å². The van der Waals surface area contributed by atoms with Gasteiger partial charge in [-0.3, -0.25) is 14.5 Å². The van der Waals surface area contributed by atoms with E-state index in [1.165, 1.54) is 37.8 Å². The first-order valence-corrected chi connectivity index (χ1v) is 14.5. The van der Waals surface area contributed by atoms with Gasteiger partial charge < -0.3 is 20.1 Å². The summed E-state index contributed by atoms with van der Waals surface area (Å²) in [5, 5.41) is 5.80. The number of nitrogens with one attached hydrogen (secondary N) is 2. The summed E-state index contributed by atoms with van der Waals surface area (Å²) in [6, 6.07) is 21.5. The van der Waals surface area contributed by atoms with E-state index in [0.717, 1.165) is 31.0 Å². The van der Waals surface area contributed by atoms with Gasteiger partial charge in [0.15, 0.2) is 0 Å². The molecular formula is C33H38FN3O4. The van der Waals surface area contributed by atoms with Gasteiger partial charge in [0.2, 0.25) is 11.8 Å². The summed E-state index contributed by atoms with van der Waals surface area (Å²) in [7, 11) is 0. The normalized spacial score (nSPS) is 19.5. The number of amides is 2. The van der Waals surface area contributed by atoms with E-state index in [2.05, 4.69) is 15.5 Å². The Morgan fingerprint density at radius 1 is 0.878 bits per heavy atom. The fourth-order valence-corrected chi connectivity index (χ4v) is 5.79. The Morgan fingerprint density at radius 2 is 1.56 bits per heavy atom. The number of piperidine rings is 1. The second kappa shape index (κ2) is 14.2. The summed E-state index contributed by atoms with van der Waals surface area (Å²) in [4.78, 5) is 28.6. The summed E-state index contributed by atoms with van der Waals surface area (Å²) in [6.45, 7) is 2.53. The molecule has 5 rings (SSSR count). The lowest BCUT2D eigenvalue weighted by Crippen LogP contribution is -2.51. The Balaban J connectivity index is 1.17. The van der Waals surface area contributed by atoms with Crippen LogP contribution in [0.3, 0.4) is 0 Å². The van der Waals surface area contributed by atoms with Crippen molar-refractivity contribution in [2.24, 2.45) is 11.8 Å². The molecule has 0 aromatic heterocycles. The van der Waals surface area contributed by atoms with Gasteiger partial charge in [0, 0.05) is 12.2 Å². The molecule has 0 bridgehead atoms. The molecule has 2 unspecified atom stereocenters. The van der Waals surface area contributed by atoms with Crippen LogP contribution in [0, 0.1) is 17.7 Å². The highest BCUT2D eigenvalue weighted by Gasteiger charge is 2.32. The van der Waals surface area contributed by atoms with E-state index in [4.69, 9.17) is 9.47 Å². The number of carbonyl (C=O) groups is 2. The van der Waals surface area contributed by atoms with Gasteiger partial charge in [0.25, 0.3) is 0 Å². The largest absolute Gasteiger partial charge is 0.457 e. The lowest BCUT2D eigenvalue weighted by molar-refractivity contribution is -0.129. The number of likely N-dealkylation sites (tertiary alicyclic amines) is 1. The number of nitrogens with zero attached hydrogens (tertiary/aromatic N) is 1. The van der Waals surface area contributed by atoms with Crippen LogP contribution in [0.25, 0.3) is 0 Å². The average molecular weight is 560 g/mol. The van der Waals surface area contributed by atoms with E-state index in [0.29, 0.717) is 29.7 Å². The smallest absolute Gasteiger partial charge is 0.249 e. The van der Waals surface area contributed by atoms with Crippen molar-refractivity contribution in [1.29, 1.82) is 0 Å². The molecular weight excluding hydrogens is 521 g/mol. The topological polar surface area (TPSA) is 79.9 Å². The molecule has 0 spiro atoms. The van der Waals surface area contributed by atoms with Crippen LogP contribution in [-0.2, 0) is 20.9 Å². The Kier molecular flexibility index (Phi) is 9.99. The van der Waals surface area contributed by atoms with Crippen LogP contribution in [0.2, 0.25) is 0 Å². The van der Waals surface area contributed by atoms with E-state index in [9.17, 15) is 14.0 Å². The number of halogens is 1. The highest BCUT2D eigenvalue weighted by atomic mass is 19.1. The van der Waals surface area contributed by atoms with Crippen molar-refractivity contribution in [3.8, 4) is 11.5 Å². The first kappa shape index (κ1) is 28.8. The molecule has 216 valence electrons. The maximum Gasteiger partial charge on any atom is 0.249 e. The SMILES string of the molecule is O=C(CN1CCC2CCCCC2C1)N[C@@H](COCc1ccccc1)C(=O)Nc1ccc(Oc2ccc(F)cc2)cc1. The molecule has 1 saturated heterocycles. The molecule has 2 aliphatic rings. The maximum atomic E-state index is 13.3. The third-order valence-electron chi connectivity index (χ3n) is 7.96. The molecule has 7 nitrogen and oxygen atoms in total. The molecule has 3 aromatic rings. The monoisotopic (exact) mass is 559 g/mol. The van der Waals surface area contributed by atoms with Gasteiger partial charge in [0.05, 0.1) is 19.8 Å². The summed E-state index contributed by atoms with van der Waals surface area (Å²) in [5.41, 5.74) is 1.55. The average Bonchev–Trinajstić information content (AvgIpc) is 2.99. The van der Waals surface area contributed by atoms with Crippen molar-refractivity contribution in [3.05, 3.63) is 90.2 Å². The zero-order valence-electron chi connectivity index (χ0n) is 23.3. The summed E-state index contributed by atoms with van der Waals surface area (Å²) >= 11 is 0. The molecule has 2 fully saturated rings. The number of anilines is 1. The van der Waals surface area contributed by atoms with Gasteiger partial charge in [-0.2, -0.15) is 0 Å². The first-order valence-electron chi connectivity index (χ1n) is 14.5. The van der Waals surface area contributed by atoms with E-state index in [-0.39, 0.29) is 30.8 Å². The zero-order chi connectivity index (χ0) is 28.4. The van der Waals surface area contributed by atoms with Gasteiger partial charge in [-0.1, -0.05) is 49.6 Å². The molecule has 1 aliphatic heterocycles. The van der Waals surface area contributed by atoms with Gasteiger partial charge in [-0.05, 0) is 85.3 Å². The van der Waals surface area contributed by atoms with Crippen molar-refractivity contribution < 1.29 is 23.5 Å². The Hall–Kier alpha value is -3.75.